The maximum atomic E-state index is 12.3. The molecule has 0 saturated heterocycles. The minimum Gasteiger partial charge on any atom is -0.478 e. The summed E-state index contributed by atoms with van der Waals surface area (Å²) < 4.78 is 5.54. The van der Waals surface area contributed by atoms with Crippen molar-refractivity contribution >= 4 is 40.8 Å². The second kappa shape index (κ2) is 7.01. The smallest absolute Gasteiger partial charge is 0.337 e. The molecular weight excluding hydrogens is 365 g/mol. The largest absolute Gasteiger partial charge is 0.478 e. The van der Waals surface area contributed by atoms with E-state index >= 15 is 0 Å². The van der Waals surface area contributed by atoms with Crippen LogP contribution in [0.15, 0.2) is 59.0 Å². The SMILES string of the molecule is O=C(Nc1ccccc1C(=O)O)c1ccc(-c2ccc(Cl)c(Cl)c2)o1. The van der Waals surface area contributed by atoms with Gasteiger partial charge < -0.3 is 14.8 Å². The third kappa shape index (κ3) is 3.68. The number of amides is 1. The van der Waals surface area contributed by atoms with E-state index in [0.29, 0.717) is 21.4 Å². The van der Waals surface area contributed by atoms with Crippen molar-refractivity contribution < 1.29 is 19.1 Å². The van der Waals surface area contributed by atoms with Gasteiger partial charge in [-0.15, -0.1) is 0 Å². The summed E-state index contributed by atoms with van der Waals surface area (Å²) in [6, 6.07) is 14.2. The minimum absolute atomic E-state index is 0.00730. The van der Waals surface area contributed by atoms with E-state index in [4.69, 9.17) is 32.7 Å². The standard InChI is InChI=1S/C18H11Cl2NO4/c19-12-6-5-10(9-13(12)20)15-7-8-16(25-15)17(22)21-14-4-2-1-3-11(14)18(23)24/h1-9H,(H,21,22)(H,23,24). The molecule has 0 radical (unpaired) electrons. The Bertz CT molecular complexity index is 965. The highest BCUT2D eigenvalue weighted by molar-refractivity contribution is 6.42. The lowest BCUT2D eigenvalue weighted by Gasteiger charge is -2.06. The van der Waals surface area contributed by atoms with Crippen LogP contribution in [0.5, 0.6) is 0 Å². The second-order valence-corrected chi connectivity index (χ2v) is 5.91. The number of carboxylic acids is 1. The van der Waals surface area contributed by atoms with E-state index in [1.54, 1.807) is 36.4 Å². The number of carbonyl (C=O) groups is 2. The van der Waals surface area contributed by atoms with Crippen LogP contribution in [0.25, 0.3) is 11.3 Å². The number of carboxylic acid groups (broad SMARTS) is 1. The average molecular weight is 376 g/mol. The van der Waals surface area contributed by atoms with Crippen molar-refractivity contribution in [2.45, 2.75) is 0 Å². The van der Waals surface area contributed by atoms with E-state index in [0.717, 1.165) is 0 Å². The zero-order valence-corrected chi connectivity index (χ0v) is 14.1. The van der Waals surface area contributed by atoms with E-state index in [-0.39, 0.29) is 17.0 Å². The van der Waals surface area contributed by atoms with Crippen molar-refractivity contribution in [2.75, 3.05) is 5.32 Å². The van der Waals surface area contributed by atoms with Crippen LogP contribution >= 0.6 is 23.2 Å². The molecule has 126 valence electrons. The molecule has 2 N–H and O–H groups in total. The quantitative estimate of drug-likeness (QED) is 0.656. The average Bonchev–Trinajstić information content (AvgIpc) is 3.08. The Morgan fingerprint density at radius 3 is 2.44 bits per heavy atom. The Morgan fingerprint density at radius 2 is 1.72 bits per heavy atom. The van der Waals surface area contributed by atoms with Gasteiger partial charge in [-0.05, 0) is 42.5 Å². The van der Waals surface area contributed by atoms with Gasteiger partial charge in [0.2, 0.25) is 0 Å². The lowest BCUT2D eigenvalue weighted by Crippen LogP contribution is -2.14. The molecule has 0 spiro atoms. The van der Waals surface area contributed by atoms with Gasteiger partial charge >= 0.3 is 5.97 Å². The van der Waals surface area contributed by atoms with Crippen molar-refractivity contribution in [3.05, 3.63) is 76.0 Å². The molecule has 1 amide bonds. The van der Waals surface area contributed by atoms with Gasteiger partial charge in [0, 0.05) is 5.56 Å². The van der Waals surface area contributed by atoms with Crippen molar-refractivity contribution in [1.82, 2.24) is 0 Å². The van der Waals surface area contributed by atoms with Crippen LogP contribution in [0.3, 0.4) is 0 Å². The summed E-state index contributed by atoms with van der Waals surface area (Å²) in [5.74, 6) is -1.21. The predicted octanol–water partition coefficient (Wildman–Crippen LogP) is 5.20. The molecule has 0 aliphatic heterocycles. The molecule has 7 heteroatoms. The van der Waals surface area contributed by atoms with Gasteiger partial charge in [-0.3, -0.25) is 4.79 Å². The van der Waals surface area contributed by atoms with E-state index < -0.39 is 11.9 Å². The third-order valence-electron chi connectivity index (χ3n) is 3.44. The van der Waals surface area contributed by atoms with Gasteiger partial charge in [0.05, 0.1) is 21.3 Å². The first-order valence-electron chi connectivity index (χ1n) is 7.14. The summed E-state index contributed by atoms with van der Waals surface area (Å²) in [6.07, 6.45) is 0. The monoisotopic (exact) mass is 375 g/mol. The first-order valence-corrected chi connectivity index (χ1v) is 7.90. The summed E-state index contributed by atoms with van der Waals surface area (Å²) in [4.78, 5) is 23.5. The fourth-order valence-electron chi connectivity index (χ4n) is 2.23. The highest BCUT2D eigenvalue weighted by Gasteiger charge is 2.16. The Hall–Kier alpha value is -2.76. The van der Waals surface area contributed by atoms with E-state index in [9.17, 15) is 9.59 Å². The lowest BCUT2D eigenvalue weighted by atomic mass is 10.2. The maximum absolute atomic E-state index is 12.3. The number of hydrogen-bond acceptors (Lipinski definition) is 3. The molecule has 0 unspecified atom stereocenters. The highest BCUT2D eigenvalue weighted by atomic mass is 35.5. The van der Waals surface area contributed by atoms with Crippen molar-refractivity contribution in [1.29, 1.82) is 0 Å². The van der Waals surface area contributed by atoms with Crippen LogP contribution in [0, 0.1) is 0 Å². The van der Waals surface area contributed by atoms with E-state index in [1.165, 1.54) is 18.2 Å². The van der Waals surface area contributed by atoms with Crippen LogP contribution in [-0.2, 0) is 0 Å². The van der Waals surface area contributed by atoms with Gasteiger partial charge in [-0.1, -0.05) is 35.3 Å². The minimum atomic E-state index is -1.13. The number of anilines is 1. The molecular formula is C18H11Cl2NO4. The number of hydrogen-bond donors (Lipinski definition) is 2. The molecule has 1 aromatic heterocycles. The molecule has 3 aromatic rings. The molecule has 0 bridgehead atoms. The van der Waals surface area contributed by atoms with Crippen molar-refractivity contribution in [2.24, 2.45) is 0 Å². The molecule has 25 heavy (non-hydrogen) atoms. The molecule has 0 aliphatic rings. The number of aromatic carboxylic acids is 1. The molecule has 0 saturated carbocycles. The summed E-state index contributed by atoms with van der Waals surface area (Å²) in [7, 11) is 0. The number of nitrogens with one attached hydrogen (secondary N) is 1. The van der Waals surface area contributed by atoms with Gasteiger partial charge in [-0.2, -0.15) is 0 Å². The van der Waals surface area contributed by atoms with Crippen LogP contribution < -0.4 is 5.32 Å². The highest BCUT2D eigenvalue weighted by Crippen LogP contribution is 2.29. The zero-order valence-electron chi connectivity index (χ0n) is 12.6. The summed E-state index contributed by atoms with van der Waals surface area (Å²) in [5.41, 5.74) is 0.846. The lowest BCUT2D eigenvalue weighted by molar-refractivity contribution is 0.0698. The van der Waals surface area contributed by atoms with Crippen LogP contribution in [-0.4, -0.2) is 17.0 Å². The summed E-state index contributed by atoms with van der Waals surface area (Å²) >= 11 is 11.9. The number of para-hydroxylation sites is 1. The third-order valence-corrected chi connectivity index (χ3v) is 4.18. The van der Waals surface area contributed by atoms with Crippen molar-refractivity contribution in [3.63, 3.8) is 0 Å². The fourth-order valence-corrected chi connectivity index (χ4v) is 2.53. The van der Waals surface area contributed by atoms with Gasteiger partial charge in [0.15, 0.2) is 5.76 Å². The Kier molecular flexibility index (Phi) is 4.79. The van der Waals surface area contributed by atoms with Gasteiger partial charge in [0.25, 0.3) is 5.91 Å². The Balaban J connectivity index is 1.84. The fraction of sp³-hybridized carbons (Fsp3) is 0. The maximum Gasteiger partial charge on any atom is 0.337 e. The van der Waals surface area contributed by atoms with Crippen molar-refractivity contribution in [3.8, 4) is 11.3 Å². The van der Waals surface area contributed by atoms with Crippen LogP contribution in [0.4, 0.5) is 5.69 Å². The molecule has 1 heterocycles. The Labute approximate surface area is 152 Å². The van der Waals surface area contributed by atoms with Gasteiger partial charge in [0.1, 0.15) is 5.76 Å². The summed E-state index contributed by atoms with van der Waals surface area (Å²) in [5, 5.41) is 12.5. The molecule has 3 rings (SSSR count). The molecule has 0 aliphatic carbocycles. The molecule has 0 fully saturated rings. The van der Waals surface area contributed by atoms with Gasteiger partial charge in [-0.25, -0.2) is 4.79 Å². The molecule has 2 aromatic carbocycles. The Morgan fingerprint density at radius 1 is 0.960 bits per heavy atom. The first-order chi connectivity index (χ1) is 12.0. The molecule has 5 nitrogen and oxygen atoms in total. The topological polar surface area (TPSA) is 79.5 Å². The van der Waals surface area contributed by atoms with E-state index in [2.05, 4.69) is 5.32 Å². The number of rotatable bonds is 4. The predicted molar refractivity (Wildman–Crippen MR) is 95.5 cm³/mol. The zero-order chi connectivity index (χ0) is 18.0. The first kappa shape index (κ1) is 17.1. The summed E-state index contributed by atoms with van der Waals surface area (Å²) in [6.45, 7) is 0. The number of furan rings is 1. The molecule has 0 atom stereocenters. The van der Waals surface area contributed by atoms with Crippen LogP contribution in [0.1, 0.15) is 20.9 Å². The van der Waals surface area contributed by atoms with E-state index in [1.807, 2.05) is 0 Å². The number of benzene rings is 2. The second-order valence-electron chi connectivity index (χ2n) is 5.10. The number of halogens is 2. The number of carbonyl (C=O) groups excluding carboxylic acids is 1. The van der Waals surface area contributed by atoms with Crippen LogP contribution in [0.2, 0.25) is 10.0 Å². The normalized spacial score (nSPS) is 10.5.